The van der Waals surface area contributed by atoms with Crippen molar-refractivity contribution in [3.05, 3.63) is 29.1 Å². The molecule has 240 valence electrons. The normalized spacial score (nSPS) is 12.8. The molecule has 4 aromatic rings. The van der Waals surface area contributed by atoms with Crippen molar-refractivity contribution < 1.29 is 0 Å². The molecule has 1 nitrogen and oxygen atoms in total. The fourth-order valence-electron chi connectivity index (χ4n) is 7.43. The molecule has 6 heteroatoms. The Morgan fingerprint density at radius 3 is 1.14 bits per heavy atom. The Bertz CT molecular complexity index is 1260. The van der Waals surface area contributed by atoms with Gasteiger partial charge in [-0.15, -0.1) is 0 Å². The van der Waals surface area contributed by atoms with E-state index in [4.69, 9.17) is 0 Å². The molecule has 0 bridgehead atoms. The van der Waals surface area contributed by atoms with E-state index < -0.39 is 36.8 Å². The molecule has 0 aromatic carbocycles. The minimum atomic E-state index is -2.51. The van der Waals surface area contributed by atoms with E-state index in [1.54, 1.807) is 47.1 Å². The zero-order valence-corrected chi connectivity index (χ0v) is 36.9. The van der Waals surface area contributed by atoms with Crippen molar-refractivity contribution in [1.82, 2.24) is 4.57 Å². The maximum absolute atomic E-state index is 2.78. The molecule has 0 amide bonds. The molecule has 0 fully saturated rings. The Morgan fingerprint density at radius 1 is 0.512 bits per heavy atom. The van der Waals surface area contributed by atoms with Crippen LogP contribution in [0.5, 0.6) is 0 Å². The molecular weight excluding hydrogens is 792 g/mol. The molecule has 0 N–H and O–H groups in total. The molecule has 4 aromatic heterocycles. The average molecular weight is 854 g/mol. The van der Waals surface area contributed by atoms with Crippen LogP contribution in [0, 0.1) is 6.92 Å². The third-order valence-electron chi connectivity index (χ3n) is 10.2. The molecule has 0 radical (unpaired) electrons. The van der Waals surface area contributed by atoms with E-state index in [0.29, 0.717) is 0 Å². The maximum atomic E-state index is 2.78. The number of aromatic nitrogens is 1. The van der Waals surface area contributed by atoms with E-state index >= 15 is 0 Å². The molecular formula is C37H61NS3Sn2. The van der Waals surface area contributed by atoms with Crippen molar-refractivity contribution in [2.24, 2.45) is 0 Å². The van der Waals surface area contributed by atoms with Crippen LogP contribution in [-0.2, 0) is 0 Å². The topological polar surface area (TPSA) is 4.93 Å². The Hall–Kier alpha value is 0.497. The predicted octanol–water partition coefficient (Wildman–Crippen LogP) is 13.4. The van der Waals surface area contributed by atoms with Crippen LogP contribution in [0.2, 0.25) is 26.6 Å². The van der Waals surface area contributed by atoms with Gasteiger partial charge in [0.2, 0.25) is 0 Å². The number of unbranched alkanes of at least 4 members (excludes halogenated alkanes) is 6. The molecule has 0 aliphatic heterocycles. The third-order valence-corrected chi connectivity index (χ3v) is 50.0. The fourth-order valence-corrected chi connectivity index (χ4v) is 48.9. The van der Waals surface area contributed by atoms with Crippen LogP contribution < -0.4 is 5.79 Å². The number of rotatable bonds is 21. The Balaban J connectivity index is 1.96. The monoisotopic (exact) mass is 855 g/mol. The van der Waals surface area contributed by atoms with Crippen LogP contribution in [0.1, 0.15) is 123 Å². The molecule has 4 heterocycles. The van der Waals surface area contributed by atoms with Gasteiger partial charge in [-0.25, -0.2) is 0 Å². The number of aryl methyl sites for hydroxylation is 1. The van der Waals surface area contributed by atoms with Crippen molar-refractivity contribution in [3.8, 4) is 5.00 Å². The van der Waals surface area contributed by atoms with E-state index in [9.17, 15) is 0 Å². The summed E-state index contributed by atoms with van der Waals surface area (Å²) in [5, 5.41) is 1.44. The minimum absolute atomic E-state index is 1.35. The summed E-state index contributed by atoms with van der Waals surface area (Å²) in [7, 11) is 0. The quantitative estimate of drug-likeness (QED) is 0.0736. The van der Waals surface area contributed by atoms with Crippen molar-refractivity contribution >= 4 is 97.0 Å². The van der Waals surface area contributed by atoms with Crippen molar-refractivity contribution in [1.29, 1.82) is 0 Å². The molecule has 0 spiro atoms. The Labute approximate surface area is 285 Å². The van der Waals surface area contributed by atoms with Gasteiger partial charge in [-0.3, -0.25) is 0 Å². The van der Waals surface area contributed by atoms with Crippen molar-refractivity contribution in [2.45, 2.75) is 152 Å². The van der Waals surface area contributed by atoms with E-state index in [2.05, 4.69) is 100.0 Å². The van der Waals surface area contributed by atoms with E-state index in [-0.39, 0.29) is 0 Å². The van der Waals surface area contributed by atoms with Crippen LogP contribution in [-0.4, -0.2) is 41.3 Å². The number of fused-ring (bicyclic) bond motifs is 3. The number of nitrogens with zero attached hydrogens (tertiary/aromatic N) is 1. The third kappa shape index (κ3) is 8.33. The van der Waals surface area contributed by atoms with Crippen LogP contribution in [0.15, 0.2) is 24.3 Å². The summed E-state index contributed by atoms with van der Waals surface area (Å²) in [5.74, 6) is 0. The van der Waals surface area contributed by atoms with Crippen molar-refractivity contribution in [2.75, 3.05) is 0 Å². The van der Waals surface area contributed by atoms with E-state index in [1.807, 2.05) is 17.1 Å². The first-order valence-electron chi connectivity index (χ1n) is 18.1. The second-order valence-corrected chi connectivity index (χ2v) is 45.2. The molecule has 4 rings (SSSR count). The van der Waals surface area contributed by atoms with Gasteiger partial charge < -0.3 is 0 Å². The number of hydrogen-bond donors (Lipinski definition) is 0. The molecule has 0 unspecified atom stereocenters. The van der Waals surface area contributed by atoms with E-state index in [1.165, 1.54) is 86.9 Å². The van der Waals surface area contributed by atoms with Gasteiger partial charge in [0.25, 0.3) is 0 Å². The zero-order valence-electron chi connectivity index (χ0n) is 28.7. The first kappa shape index (κ1) is 36.3. The van der Waals surface area contributed by atoms with Gasteiger partial charge in [-0.05, 0) is 0 Å². The van der Waals surface area contributed by atoms with Gasteiger partial charge in [0.05, 0.1) is 0 Å². The van der Waals surface area contributed by atoms with Gasteiger partial charge in [0, 0.05) is 0 Å². The summed E-state index contributed by atoms with van der Waals surface area (Å²) >= 11 is 1.57. The standard InChI is InChI=1S/C13H7NS3.6C4H9.2Sn/c1-8-2-3-11(17-8)14-9-4-6-15-12(9)13-10(14)5-7-16-13;6*1-3-4-2;;/h2-5H,1H3;6*1,3-4H2,2H3;;. The van der Waals surface area contributed by atoms with Gasteiger partial charge in [0.1, 0.15) is 0 Å². The number of thiophene rings is 3. The first-order valence-corrected chi connectivity index (χ1v) is 35.5. The summed E-state index contributed by atoms with van der Waals surface area (Å²) in [5.41, 5.74) is 3.10. The van der Waals surface area contributed by atoms with Crippen LogP contribution in [0.4, 0.5) is 0 Å². The summed E-state index contributed by atoms with van der Waals surface area (Å²) in [6, 6.07) is 10.3. The molecule has 0 saturated carbocycles. The summed E-state index contributed by atoms with van der Waals surface area (Å²) in [6.07, 6.45) is 16.8. The van der Waals surface area contributed by atoms with Crippen LogP contribution >= 0.6 is 34.0 Å². The van der Waals surface area contributed by atoms with Gasteiger partial charge >= 0.3 is 288 Å². The van der Waals surface area contributed by atoms with Crippen LogP contribution in [0.25, 0.3) is 25.4 Å². The second kappa shape index (κ2) is 17.6. The fraction of sp³-hybridized carbons (Fsp3) is 0.676. The number of hydrogen-bond acceptors (Lipinski definition) is 3. The predicted molar refractivity (Wildman–Crippen MR) is 208 cm³/mol. The van der Waals surface area contributed by atoms with E-state index in [0.717, 1.165) is 0 Å². The molecule has 0 aliphatic rings. The molecule has 0 saturated heterocycles. The van der Waals surface area contributed by atoms with Crippen LogP contribution in [0.3, 0.4) is 0 Å². The SMILES string of the molecule is CCC[CH2][Sn]([CH2]CCC)([CH2]CCC)[c]1cc2c(s1)c1s[c]([Sn]([CH2]CCC)([CH2]CCC)[CH2]CCC)cc1n2-c1ccc(C)s1. The van der Waals surface area contributed by atoms with Gasteiger partial charge in [-0.2, -0.15) is 0 Å². The summed E-state index contributed by atoms with van der Waals surface area (Å²) in [6.45, 7) is 16.8. The van der Waals surface area contributed by atoms with Gasteiger partial charge in [-0.1, -0.05) is 0 Å². The Morgan fingerprint density at radius 2 is 0.860 bits per heavy atom. The summed E-state index contributed by atoms with van der Waals surface area (Å²) < 4.78 is 19.3. The average Bonchev–Trinajstić information content (AvgIpc) is 3.80. The zero-order chi connectivity index (χ0) is 30.9. The molecule has 0 aliphatic carbocycles. The molecule has 0 atom stereocenters. The van der Waals surface area contributed by atoms with Crippen molar-refractivity contribution in [3.63, 3.8) is 0 Å². The summed E-state index contributed by atoms with van der Waals surface area (Å²) in [4.78, 5) is 1.43. The first-order chi connectivity index (χ1) is 20.9. The Kier molecular flexibility index (Phi) is 14.9. The second-order valence-electron chi connectivity index (χ2n) is 13.6. The molecule has 43 heavy (non-hydrogen) atoms. The van der Waals surface area contributed by atoms with Gasteiger partial charge in [0.15, 0.2) is 0 Å².